The first-order chi connectivity index (χ1) is 14.9. The molecule has 4 rings (SSSR count). The number of hydrogen-bond acceptors (Lipinski definition) is 8. The van der Waals surface area contributed by atoms with Crippen molar-refractivity contribution in [2.45, 2.75) is 25.7 Å². The maximum absolute atomic E-state index is 13.2. The Morgan fingerprint density at radius 2 is 2.13 bits per heavy atom. The predicted molar refractivity (Wildman–Crippen MR) is 113 cm³/mol. The van der Waals surface area contributed by atoms with Gasteiger partial charge in [0.25, 0.3) is 0 Å². The summed E-state index contributed by atoms with van der Waals surface area (Å²) in [6, 6.07) is 7.06. The second kappa shape index (κ2) is 8.31. The molecule has 0 bridgehead atoms. The average molecular weight is 426 g/mol. The van der Waals surface area contributed by atoms with Crippen molar-refractivity contribution < 1.29 is 19.0 Å². The fourth-order valence-corrected chi connectivity index (χ4v) is 3.32. The van der Waals surface area contributed by atoms with Crippen LogP contribution in [0.1, 0.15) is 23.7 Å². The molecule has 0 spiro atoms. The normalized spacial score (nSPS) is 18.4. The van der Waals surface area contributed by atoms with Gasteiger partial charge >= 0.3 is 0 Å². The van der Waals surface area contributed by atoms with Crippen LogP contribution in [0.15, 0.2) is 36.8 Å². The standard InChI is InChI=1S/C21H23FN6O3/c1-11(29)14-9-23-18(26-21(30)13-7-15(13)22)8-17(14)25-16-6-4-5-12(19(16)31-3)20-24-10-28(2)27-20/h4-6,8-10,13,15,21,30H,7H2,1-3H3,(H2,23,25,26)/t13-,15+,21?/m1/s1. The summed E-state index contributed by atoms with van der Waals surface area (Å²) < 4.78 is 20.4. The summed E-state index contributed by atoms with van der Waals surface area (Å²) in [5.41, 5.74) is 2.11. The number of nitrogens with zero attached hydrogens (tertiary/aromatic N) is 4. The summed E-state index contributed by atoms with van der Waals surface area (Å²) in [6.07, 6.45) is 1.26. The lowest BCUT2D eigenvalue weighted by atomic mass is 10.1. The van der Waals surface area contributed by atoms with Crippen molar-refractivity contribution in [1.29, 1.82) is 0 Å². The number of hydrogen-bond donors (Lipinski definition) is 3. The number of aryl methyl sites for hydroxylation is 1. The predicted octanol–water partition coefficient (Wildman–Crippen LogP) is 2.92. The van der Waals surface area contributed by atoms with Crippen LogP contribution >= 0.6 is 0 Å². The van der Waals surface area contributed by atoms with Gasteiger partial charge in [-0.05, 0) is 25.5 Å². The first-order valence-electron chi connectivity index (χ1n) is 9.77. The fraction of sp³-hybridized carbons (Fsp3) is 0.333. The molecule has 0 aliphatic heterocycles. The van der Waals surface area contributed by atoms with E-state index in [1.807, 2.05) is 12.1 Å². The van der Waals surface area contributed by atoms with Crippen molar-refractivity contribution >= 4 is 23.0 Å². The Bertz CT molecular complexity index is 1120. The number of rotatable bonds is 8. The zero-order chi connectivity index (χ0) is 22.1. The molecule has 0 amide bonds. The molecule has 31 heavy (non-hydrogen) atoms. The van der Waals surface area contributed by atoms with E-state index in [9.17, 15) is 14.3 Å². The lowest BCUT2D eigenvalue weighted by Crippen LogP contribution is -2.23. The molecule has 9 nitrogen and oxygen atoms in total. The zero-order valence-electron chi connectivity index (χ0n) is 17.3. The molecule has 1 fully saturated rings. The second-order valence-electron chi connectivity index (χ2n) is 7.43. The largest absolute Gasteiger partial charge is 0.494 e. The highest BCUT2D eigenvalue weighted by molar-refractivity contribution is 6.00. The summed E-state index contributed by atoms with van der Waals surface area (Å²) in [7, 11) is 3.31. The van der Waals surface area contributed by atoms with E-state index < -0.39 is 18.3 Å². The maximum Gasteiger partial charge on any atom is 0.184 e. The molecule has 0 saturated heterocycles. The van der Waals surface area contributed by atoms with Gasteiger partial charge in [0, 0.05) is 25.2 Å². The number of benzene rings is 1. The van der Waals surface area contributed by atoms with Gasteiger partial charge in [-0.25, -0.2) is 14.4 Å². The van der Waals surface area contributed by atoms with Gasteiger partial charge in [0.05, 0.1) is 29.6 Å². The summed E-state index contributed by atoms with van der Waals surface area (Å²) in [6.45, 7) is 1.44. The molecule has 0 radical (unpaired) electrons. The quantitative estimate of drug-likeness (QED) is 0.372. The van der Waals surface area contributed by atoms with Crippen molar-refractivity contribution in [3.05, 3.63) is 42.4 Å². The van der Waals surface area contributed by atoms with Gasteiger partial charge < -0.3 is 20.5 Å². The number of para-hydroxylation sites is 1. The minimum Gasteiger partial charge on any atom is -0.494 e. The molecule has 1 aliphatic carbocycles. The van der Waals surface area contributed by atoms with Crippen molar-refractivity contribution in [2.24, 2.45) is 13.0 Å². The summed E-state index contributed by atoms with van der Waals surface area (Å²) in [4.78, 5) is 20.6. The molecule has 3 N–H and O–H groups in total. The topological polar surface area (TPSA) is 114 Å². The highest BCUT2D eigenvalue weighted by Crippen LogP contribution is 2.39. The summed E-state index contributed by atoms with van der Waals surface area (Å²) in [5, 5.41) is 20.4. The number of methoxy groups -OCH3 is 1. The first-order valence-corrected chi connectivity index (χ1v) is 9.77. The molecule has 162 valence electrons. The van der Waals surface area contributed by atoms with Crippen LogP contribution in [0.4, 0.5) is 21.6 Å². The molecule has 1 aliphatic rings. The van der Waals surface area contributed by atoms with Crippen LogP contribution in [0.2, 0.25) is 0 Å². The lowest BCUT2D eigenvalue weighted by molar-refractivity contribution is 0.101. The Morgan fingerprint density at radius 3 is 2.74 bits per heavy atom. The number of aliphatic hydroxyl groups is 1. The molecule has 3 aromatic rings. The van der Waals surface area contributed by atoms with Gasteiger partial charge in [0.2, 0.25) is 0 Å². The summed E-state index contributed by atoms with van der Waals surface area (Å²) in [5.74, 6) is 0.691. The van der Waals surface area contributed by atoms with E-state index in [0.29, 0.717) is 46.3 Å². The number of anilines is 3. The Labute approximate surface area is 178 Å². The second-order valence-corrected chi connectivity index (χ2v) is 7.43. The van der Waals surface area contributed by atoms with Crippen molar-refractivity contribution in [2.75, 3.05) is 17.7 Å². The number of ketones is 1. The van der Waals surface area contributed by atoms with Crippen LogP contribution in [-0.4, -0.2) is 50.1 Å². The van der Waals surface area contributed by atoms with E-state index in [2.05, 4.69) is 25.7 Å². The van der Waals surface area contributed by atoms with Gasteiger partial charge in [0.15, 0.2) is 17.4 Å². The number of halogens is 1. The van der Waals surface area contributed by atoms with E-state index >= 15 is 0 Å². The molecular formula is C21H23FN6O3. The van der Waals surface area contributed by atoms with Crippen LogP contribution < -0.4 is 15.4 Å². The fourth-order valence-electron chi connectivity index (χ4n) is 3.32. The van der Waals surface area contributed by atoms with Gasteiger partial charge in [-0.15, -0.1) is 0 Å². The molecule has 3 atom stereocenters. The number of pyridine rings is 1. The number of aromatic nitrogens is 4. The SMILES string of the molecule is COc1c(Nc2cc(NC(O)[C@@H]3C[C@@H]3F)ncc2C(C)=O)cccc1-c1ncn(C)n1. The van der Waals surface area contributed by atoms with E-state index in [4.69, 9.17) is 4.74 Å². The maximum atomic E-state index is 13.2. The van der Waals surface area contributed by atoms with Crippen LogP contribution in [-0.2, 0) is 7.05 Å². The molecule has 2 heterocycles. The van der Waals surface area contributed by atoms with E-state index in [0.717, 1.165) is 0 Å². The number of nitrogens with one attached hydrogen (secondary N) is 2. The minimum absolute atomic E-state index is 0.186. The number of alkyl halides is 1. The first kappa shape index (κ1) is 20.7. The van der Waals surface area contributed by atoms with Crippen LogP contribution in [0, 0.1) is 5.92 Å². The Kier molecular flexibility index (Phi) is 5.55. The Hall–Kier alpha value is -3.53. The molecule has 1 unspecified atom stereocenters. The number of carbonyl (C=O) groups is 1. The lowest BCUT2D eigenvalue weighted by Gasteiger charge is -2.18. The van der Waals surface area contributed by atoms with Crippen LogP contribution in [0.3, 0.4) is 0 Å². The van der Waals surface area contributed by atoms with Gasteiger partial charge in [0.1, 0.15) is 24.5 Å². The molecular weight excluding hydrogens is 403 g/mol. The van der Waals surface area contributed by atoms with E-state index in [-0.39, 0.29) is 5.78 Å². The van der Waals surface area contributed by atoms with Crippen molar-refractivity contribution in [3.63, 3.8) is 0 Å². The highest BCUT2D eigenvalue weighted by Gasteiger charge is 2.43. The number of ether oxygens (including phenoxy) is 1. The number of aliphatic hydroxyl groups excluding tert-OH is 1. The molecule has 10 heteroatoms. The average Bonchev–Trinajstić information content (AvgIpc) is 3.32. The highest BCUT2D eigenvalue weighted by atomic mass is 19.1. The van der Waals surface area contributed by atoms with Crippen LogP contribution in [0.25, 0.3) is 11.4 Å². The smallest absolute Gasteiger partial charge is 0.184 e. The van der Waals surface area contributed by atoms with Crippen molar-refractivity contribution in [3.8, 4) is 17.1 Å². The summed E-state index contributed by atoms with van der Waals surface area (Å²) >= 11 is 0. The Morgan fingerprint density at radius 1 is 1.35 bits per heavy atom. The minimum atomic E-state index is -1.05. The van der Waals surface area contributed by atoms with Gasteiger partial charge in [-0.3, -0.25) is 9.48 Å². The third-order valence-corrected chi connectivity index (χ3v) is 5.07. The van der Waals surface area contributed by atoms with Crippen LogP contribution in [0.5, 0.6) is 5.75 Å². The Balaban J connectivity index is 1.67. The third kappa shape index (κ3) is 4.33. The zero-order valence-corrected chi connectivity index (χ0v) is 17.3. The van der Waals surface area contributed by atoms with Crippen molar-refractivity contribution in [1.82, 2.24) is 19.7 Å². The number of Topliss-reactive ketones (excluding diaryl/α,β-unsaturated/α-hetero) is 1. The van der Waals surface area contributed by atoms with E-state index in [1.54, 1.807) is 30.2 Å². The van der Waals surface area contributed by atoms with Gasteiger partial charge in [-0.2, -0.15) is 5.10 Å². The monoisotopic (exact) mass is 426 g/mol. The van der Waals surface area contributed by atoms with Gasteiger partial charge in [-0.1, -0.05) is 6.07 Å². The molecule has 2 aromatic heterocycles. The molecule has 1 saturated carbocycles. The van der Waals surface area contributed by atoms with E-state index in [1.165, 1.54) is 20.2 Å². The number of carbonyl (C=O) groups excluding carboxylic acids is 1. The third-order valence-electron chi connectivity index (χ3n) is 5.07. The molecule has 1 aromatic carbocycles.